The molecule has 0 spiro atoms. The quantitative estimate of drug-likeness (QED) is 0.505. The zero-order valence-electron chi connectivity index (χ0n) is 12.0. The first-order valence-electron chi connectivity index (χ1n) is 6.90. The average Bonchev–Trinajstić information content (AvgIpc) is 2.96. The van der Waals surface area contributed by atoms with Crippen molar-refractivity contribution < 1.29 is 45.2 Å². The van der Waals surface area contributed by atoms with Crippen LogP contribution < -0.4 is 0 Å². The average molecular weight is 356 g/mol. The Morgan fingerprint density at radius 2 is 2.09 bits per heavy atom. The molecule has 23 heavy (non-hydrogen) atoms. The zero-order chi connectivity index (χ0) is 17.0. The second-order valence-corrected chi connectivity index (χ2v) is 7.55. The highest BCUT2D eigenvalue weighted by Crippen LogP contribution is 2.53. The van der Waals surface area contributed by atoms with Crippen molar-refractivity contribution in [1.29, 1.82) is 0 Å². The van der Waals surface area contributed by atoms with Crippen LogP contribution in [-0.2, 0) is 38.1 Å². The van der Waals surface area contributed by atoms with Gasteiger partial charge in [0.25, 0.3) is 15.9 Å². The SMILES string of the molecule is CC(F)(F)C(=O)OCCC(=O)OC12CC3CC(C1O3)S(=O)(=O)O2. The molecule has 130 valence electrons. The van der Waals surface area contributed by atoms with Gasteiger partial charge in [0.15, 0.2) is 0 Å². The first kappa shape index (κ1) is 16.5. The van der Waals surface area contributed by atoms with Gasteiger partial charge in [-0.3, -0.25) is 4.79 Å². The summed E-state index contributed by atoms with van der Waals surface area (Å²) in [6.07, 6.45) is -1.38. The van der Waals surface area contributed by atoms with Gasteiger partial charge in [0.05, 0.1) is 12.5 Å². The van der Waals surface area contributed by atoms with Crippen LogP contribution in [-0.4, -0.2) is 56.1 Å². The Morgan fingerprint density at radius 1 is 1.39 bits per heavy atom. The van der Waals surface area contributed by atoms with Crippen molar-refractivity contribution in [2.24, 2.45) is 0 Å². The molecule has 0 aliphatic carbocycles. The molecule has 11 heteroatoms. The molecule has 0 amide bonds. The van der Waals surface area contributed by atoms with Crippen LogP contribution in [0.3, 0.4) is 0 Å². The molecule has 3 aliphatic heterocycles. The third-order valence-electron chi connectivity index (χ3n) is 3.93. The van der Waals surface area contributed by atoms with E-state index in [-0.39, 0.29) is 18.9 Å². The maximum absolute atomic E-state index is 12.6. The molecule has 3 fully saturated rings. The van der Waals surface area contributed by atoms with Crippen LogP contribution in [0.25, 0.3) is 0 Å². The summed E-state index contributed by atoms with van der Waals surface area (Å²) in [5, 5.41) is -0.870. The highest BCUT2D eigenvalue weighted by atomic mass is 32.2. The lowest BCUT2D eigenvalue weighted by Gasteiger charge is -2.26. The van der Waals surface area contributed by atoms with Crippen LogP contribution in [0.2, 0.25) is 0 Å². The van der Waals surface area contributed by atoms with E-state index in [0.29, 0.717) is 6.92 Å². The third kappa shape index (κ3) is 2.81. The minimum absolute atomic E-state index is 0.0892. The fraction of sp³-hybridized carbons (Fsp3) is 0.833. The molecular weight excluding hydrogens is 342 g/mol. The number of hydrogen-bond donors (Lipinski definition) is 0. The van der Waals surface area contributed by atoms with Gasteiger partial charge in [0, 0.05) is 13.3 Å². The van der Waals surface area contributed by atoms with E-state index in [9.17, 15) is 26.8 Å². The molecule has 0 aromatic rings. The van der Waals surface area contributed by atoms with Gasteiger partial charge in [-0.25, -0.2) is 8.98 Å². The van der Waals surface area contributed by atoms with Crippen LogP contribution in [0.5, 0.6) is 0 Å². The largest absolute Gasteiger partial charge is 0.461 e. The van der Waals surface area contributed by atoms with Crippen LogP contribution in [0.4, 0.5) is 8.78 Å². The Kier molecular flexibility index (Phi) is 3.65. The molecule has 0 aromatic carbocycles. The topological polar surface area (TPSA) is 105 Å². The summed E-state index contributed by atoms with van der Waals surface area (Å²) >= 11 is 0. The Balaban J connectivity index is 1.56. The van der Waals surface area contributed by atoms with Crippen LogP contribution in [0, 0.1) is 0 Å². The fourth-order valence-corrected chi connectivity index (χ4v) is 4.75. The van der Waals surface area contributed by atoms with E-state index in [2.05, 4.69) is 4.74 Å². The third-order valence-corrected chi connectivity index (χ3v) is 5.63. The van der Waals surface area contributed by atoms with E-state index in [1.54, 1.807) is 0 Å². The molecule has 0 N–H and O–H groups in total. The van der Waals surface area contributed by atoms with E-state index in [0.717, 1.165) is 0 Å². The van der Waals surface area contributed by atoms with Gasteiger partial charge in [-0.2, -0.15) is 17.2 Å². The van der Waals surface area contributed by atoms with E-state index < -0.39 is 58.1 Å². The molecule has 4 atom stereocenters. The van der Waals surface area contributed by atoms with E-state index in [4.69, 9.17) is 13.7 Å². The predicted octanol–water partition coefficient (Wildman–Crippen LogP) is 0.104. The number of carbonyl (C=O) groups excluding carboxylic acids is 2. The number of hydrogen-bond acceptors (Lipinski definition) is 8. The smallest absolute Gasteiger partial charge is 0.376 e. The molecular formula is C12H14F2O8S. The number of carbonyl (C=O) groups is 2. The van der Waals surface area contributed by atoms with Crippen LogP contribution in [0.15, 0.2) is 0 Å². The van der Waals surface area contributed by atoms with Gasteiger partial charge in [-0.05, 0) is 6.42 Å². The van der Waals surface area contributed by atoms with Crippen LogP contribution >= 0.6 is 0 Å². The Morgan fingerprint density at radius 3 is 2.70 bits per heavy atom. The Hall–Kier alpha value is -1.33. The molecule has 0 radical (unpaired) electrons. The fourth-order valence-electron chi connectivity index (χ4n) is 3.01. The van der Waals surface area contributed by atoms with Gasteiger partial charge < -0.3 is 14.2 Å². The van der Waals surface area contributed by atoms with Gasteiger partial charge in [-0.1, -0.05) is 0 Å². The van der Waals surface area contributed by atoms with Gasteiger partial charge in [0.1, 0.15) is 18.0 Å². The molecule has 3 saturated heterocycles. The van der Waals surface area contributed by atoms with E-state index in [1.165, 1.54) is 0 Å². The summed E-state index contributed by atoms with van der Waals surface area (Å²) in [6, 6.07) is 0. The summed E-state index contributed by atoms with van der Waals surface area (Å²) in [4.78, 5) is 22.6. The summed E-state index contributed by atoms with van der Waals surface area (Å²) in [5.41, 5.74) is 0. The van der Waals surface area contributed by atoms with E-state index >= 15 is 0 Å². The van der Waals surface area contributed by atoms with Gasteiger partial charge in [0.2, 0.25) is 0 Å². The molecule has 3 aliphatic rings. The normalized spacial score (nSPS) is 36.9. The number of rotatable bonds is 5. The van der Waals surface area contributed by atoms with Gasteiger partial charge >= 0.3 is 17.9 Å². The van der Waals surface area contributed by atoms with Crippen molar-refractivity contribution in [1.82, 2.24) is 0 Å². The van der Waals surface area contributed by atoms with Crippen molar-refractivity contribution in [3.05, 3.63) is 0 Å². The molecule has 0 aromatic heterocycles. The lowest BCUT2D eigenvalue weighted by Crippen LogP contribution is -2.44. The summed E-state index contributed by atoms with van der Waals surface area (Å²) in [6.45, 7) is -0.237. The lowest BCUT2D eigenvalue weighted by atomic mass is 9.94. The van der Waals surface area contributed by atoms with Crippen molar-refractivity contribution >= 4 is 22.1 Å². The van der Waals surface area contributed by atoms with Crippen molar-refractivity contribution in [3.8, 4) is 0 Å². The second-order valence-electron chi connectivity index (χ2n) is 5.79. The first-order chi connectivity index (χ1) is 10.5. The molecule has 8 nitrogen and oxygen atoms in total. The standard InChI is InChI=1S/C12H14F2O8S/c1-11(13,14)10(16)19-3-2-8(15)21-12-5-6-4-7(9(12)20-6)23(17,18)22-12/h6-7,9H,2-5H2,1H3. The first-order valence-corrected chi connectivity index (χ1v) is 8.37. The maximum atomic E-state index is 12.6. The predicted molar refractivity (Wildman–Crippen MR) is 66.7 cm³/mol. The Bertz CT molecular complexity index is 642. The second kappa shape index (κ2) is 5.08. The van der Waals surface area contributed by atoms with Crippen molar-refractivity contribution in [2.45, 2.75) is 55.4 Å². The number of esters is 2. The highest BCUT2D eigenvalue weighted by molar-refractivity contribution is 7.87. The lowest BCUT2D eigenvalue weighted by molar-refractivity contribution is -0.204. The molecule has 3 heterocycles. The summed E-state index contributed by atoms with van der Waals surface area (Å²) in [5.74, 6) is -8.03. The molecule has 0 saturated carbocycles. The number of fused-ring (bicyclic) bond motifs is 1. The number of ether oxygens (including phenoxy) is 3. The molecule has 4 unspecified atom stereocenters. The minimum atomic E-state index is -3.88. The van der Waals surface area contributed by atoms with Crippen molar-refractivity contribution in [2.75, 3.05) is 6.61 Å². The highest BCUT2D eigenvalue weighted by Gasteiger charge is 2.72. The number of halogens is 2. The Labute approximate surface area is 130 Å². The van der Waals surface area contributed by atoms with Crippen LogP contribution in [0.1, 0.15) is 26.2 Å². The maximum Gasteiger partial charge on any atom is 0.376 e. The summed E-state index contributed by atoms with van der Waals surface area (Å²) in [7, 11) is -3.88. The number of alkyl halides is 2. The zero-order valence-corrected chi connectivity index (χ0v) is 12.8. The molecule has 3 rings (SSSR count). The van der Waals surface area contributed by atoms with E-state index in [1.807, 2.05) is 0 Å². The van der Waals surface area contributed by atoms with Gasteiger partial charge in [-0.15, -0.1) is 0 Å². The monoisotopic (exact) mass is 356 g/mol. The summed E-state index contributed by atoms with van der Waals surface area (Å²) < 4.78 is 68.5. The molecule has 2 bridgehead atoms. The van der Waals surface area contributed by atoms with Crippen molar-refractivity contribution in [3.63, 3.8) is 0 Å². The minimum Gasteiger partial charge on any atom is -0.461 e.